The Morgan fingerprint density at radius 2 is 2.18 bits per heavy atom. The summed E-state index contributed by atoms with van der Waals surface area (Å²) in [5.74, 6) is -0.648. The monoisotopic (exact) mass is 240 g/mol. The highest BCUT2D eigenvalue weighted by atomic mass is 16.4. The molecule has 0 aromatic carbocycles. The van der Waals surface area contributed by atoms with E-state index in [1.165, 1.54) is 0 Å². The fourth-order valence-corrected chi connectivity index (χ4v) is 1.33. The predicted molar refractivity (Wildman–Crippen MR) is 62.9 cm³/mol. The van der Waals surface area contributed by atoms with Crippen LogP contribution in [0.25, 0.3) is 0 Å². The van der Waals surface area contributed by atoms with E-state index in [4.69, 9.17) is 10.8 Å². The zero-order valence-corrected chi connectivity index (χ0v) is 9.86. The van der Waals surface area contributed by atoms with E-state index in [0.717, 1.165) is 6.54 Å². The SMILES string of the molecule is CN(C)CCc1nc(N)c(CC(=O)O)c(=O)[nH]1. The summed E-state index contributed by atoms with van der Waals surface area (Å²) >= 11 is 0. The number of aromatic nitrogens is 2. The third-order valence-corrected chi connectivity index (χ3v) is 2.22. The van der Waals surface area contributed by atoms with E-state index in [9.17, 15) is 9.59 Å². The second kappa shape index (κ2) is 5.44. The van der Waals surface area contributed by atoms with Crippen molar-refractivity contribution in [2.45, 2.75) is 12.8 Å². The summed E-state index contributed by atoms with van der Waals surface area (Å²) in [5, 5.41) is 8.62. The molecule has 4 N–H and O–H groups in total. The molecule has 17 heavy (non-hydrogen) atoms. The van der Waals surface area contributed by atoms with Crippen molar-refractivity contribution in [2.24, 2.45) is 0 Å². The van der Waals surface area contributed by atoms with Crippen LogP contribution in [0.2, 0.25) is 0 Å². The summed E-state index contributed by atoms with van der Waals surface area (Å²) < 4.78 is 0. The molecule has 0 radical (unpaired) electrons. The predicted octanol–water partition coefficient (Wildman–Crippen LogP) is -0.917. The summed E-state index contributed by atoms with van der Waals surface area (Å²) in [6, 6.07) is 0. The smallest absolute Gasteiger partial charge is 0.308 e. The van der Waals surface area contributed by atoms with Gasteiger partial charge >= 0.3 is 5.97 Å². The molecule has 1 rings (SSSR count). The Labute approximate surface area is 98.3 Å². The minimum atomic E-state index is -1.11. The highest BCUT2D eigenvalue weighted by Gasteiger charge is 2.12. The van der Waals surface area contributed by atoms with Gasteiger partial charge in [-0.2, -0.15) is 0 Å². The van der Waals surface area contributed by atoms with Crippen LogP contribution in [0, 0.1) is 0 Å². The Bertz CT molecular complexity index is 467. The summed E-state index contributed by atoms with van der Waals surface area (Å²) in [4.78, 5) is 30.6. The van der Waals surface area contributed by atoms with Gasteiger partial charge in [0.25, 0.3) is 5.56 Å². The molecule has 0 saturated carbocycles. The first-order valence-corrected chi connectivity index (χ1v) is 5.14. The van der Waals surface area contributed by atoms with Crippen molar-refractivity contribution in [3.8, 4) is 0 Å². The summed E-state index contributed by atoms with van der Waals surface area (Å²) in [6.07, 6.45) is 0.141. The van der Waals surface area contributed by atoms with E-state index in [-0.39, 0.29) is 11.4 Å². The zero-order valence-electron chi connectivity index (χ0n) is 9.86. The number of nitrogens with zero attached hydrogens (tertiary/aromatic N) is 2. The first-order valence-electron chi connectivity index (χ1n) is 5.14. The van der Waals surface area contributed by atoms with Gasteiger partial charge < -0.3 is 20.7 Å². The van der Waals surface area contributed by atoms with Gasteiger partial charge in [0.2, 0.25) is 0 Å². The number of aliphatic carboxylic acids is 1. The molecule has 0 bridgehead atoms. The molecule has 0 aliphatic carbocycles. The van der Waals surface area contributed by atoms with Crippen molar-refractivity contribution in [3.05, 3.63) is 21.7 Å². The molecular weight excluding hydrogens is 224 g/mol. The van der Waals surface area contributed by atoms with Crippen molar-refractivity contribution < 1.29 is 9.90 Å². The van der Waals surface area contributed by atoms with Crippen LogP contribution in [0.3, 0.4) is 0 Å². The standard InChI is InChI=1S/C10H16N4O3/c1-14(2)4-3-7-12-9(11)6(5-8(15)16)10(17)13-7/h3-5H2,1-2H3,(H,15,16)(H3,11,12,13,17). The first kappa shape index (κ1) is 13.2. The molecule has 1 aromatic heterocycles. The number of hydrogen-bond donors (Lipinski definition) is 3. The van der Waals surface area contributed by atoms with Gasteiger partial charge in [-0.1, -0.05) is 0 Å². The lowest BCUT2D eigenvalue weighted by atomic mass is 10.2. The number of H-pyrrole nitrogens is 1. The summed E-state index contributed by atoms with van der Waals surface area (Å²) in [5.41, 5.74) is 5.10. The number of carbonyl (C=O) groups is 1. The maximum absolute atomic E-state index is 11.6. The number of carboxylic acids is 1. The molecule has 0 amide bonds. The molecular formula is C10H16N4O3. The van der Waals surface area contributed by atoms with Crippen molar-refractivity contribution in [1.82, 2.24) is 14.9 Å². The first-order chi connectivity index (χ1) is 7.90. The van der Waals surface area contributed by atoms with Gasteiger partial charge in [-0.05, 0) is 14.1 Å². The number of likely N-dealkylation sites (N-methyl/N-ethyl adjacent to an activating group) is 1. The molecule has 0 spiro atoms. The number of aromatic amines is 1. The number of rotatable bonds is 5. The third-order valence-electron chi connectivity index (χ3n) is 2.22. The molecule has 0 aliphatic heterocycles. The van der Waals surface area contributed by atoms with Crippen LogP contribution >= 0.6 is 0 Å². The summed E-state index contributed by atoms with van der Waals surface area (Å²) in [6.45, 7) is 0.723. The Morgan fingerprint density at radius 3 is 2.65 bits per heavy atom. The molecule has 94 valence electrons. The fourth-order valence-electron chi connectivity index (χ4n) is 1.33. The van der Waals surface area contributed by atoms with Crippen LogP contribution in [0.5, 0.6) is 0 Å². The Morgan fingerprint density at radius 1 is 1.53 bits per heavy atom. The minimum Gasteiger partial charge on any atom is -0.481 e. The number of nitrogen functional groups attached to an aromatic ring is 1. The Balaban J connectivity index is 2.93. The van der Waals surface area contributed by atoms with E-state index in [2.05, 4.69) is 9.97 Å². The van der Waals surface area contributed by atoms with E-state index < -0.39 is 17.9 Å². The van der Waals surface area contributed by atoms with Crippen molar-refractivity contribution in [3.63, 3.8) is 0 Å². The van der Waals surface area contributed by atoms with Gasteiger partial charge in [0, 0.05) is 13.0 Å². The van der Waals surface area contributed by atoms with Crippen LogP contribution in [0.15, 0.2) is 4.79 Å². The molecule has 1 heterocycles. The lowest BCUT2D eigenvalue weighted by Gasteiger charge is -2.09. The number of hydrogen-bond acceptors (Lipinski definition) is 5. The van der Waals surface area contributed by atoms with E-state index in [0.29, 0.717) is 12.2 Å². The van der Waals surface area contributed by atoms with Crippen LogP contribution in [0.1, 0.15) is 11.4 Å². The maximum atomic E-state index is 11.6. The molecule has 0 fully saturated rings. The van der Waals surface area contributed by atoms with Crippen molar-refractivity contribution in [2.75, 3.05) is 26.4 Å². The Kier molecular flexibility index (Phi) is 4.22. The Hall–Kier alpha value is -1.89. The average Bonchev–Trinajstić information content (AvgIpc) is 2.20. The molecule has 7 nitrogen and oxygen atoms in total. The lowest BCUT2D eigenvalue weighted by Crippen LogP contribution is -2.24. The number of nitrogens with two attached hydrogens (primary N) is 1. The van der Waals surface area contributed by atoms with Crippen LogP contribution in [0.4, 0.5) is 5.82 Å². The van der Waals surface area contributed by atoms with E-state index >= 15 is 0 Å². The molecule has 7 heteroatoms. The van der Waals surface area contributed by atoms with Gasteiger partial charge in [-0.15, -0.1) is 0 Å². The normalized spacial score (nSPS) is 10.8. The van der Waals surface area contributed by atoms with Gasteiger partial charge in [-0.3, -0.25) is 9.59 Å². The van der Waals surface area contributed by atoms with Crippen molar-refractivity contribution in [1.29, 1.82) is 0 Å². The topological polar surface area (TPSA) is 112 Å². The zero-order chi connectivity index (χ0) is 13.0. The molecule has 0 atom stereocenters. The van der Waals surface area contributed by atoms with Gasteiger partial charge in [-0.25, -0.2) is 4.98 Å². The molecule has 0 unspecified atom stereocenters. The molecule has 0 saturated heterocycles. The molecule has 0 aliphatic rings. The third kappa shape index (κ3) is 3.87. The van der Waals surface area contributed by atoms with E-state index in [1.54, 1.807) is 0 Å². The van der Waals surface area contributed by atoms with Crippen molar-refractivity contribution >= 4 is 11.8 Å². The van der Waals surface area contributed by atoms with Gasteiger partial charge in [0.15, 0.2) is 0 Å². The average molecular weight is 240 g/mol. The molecule has 1 aromatic rings. The highest BCUT2D eigenvalue weighted by molar-refractivity contribution is 5.71. The largest absolute Gasteiger partial charge is 0.481 e. The number of anilines is 1. The van der Waals surface area contributed by atoms with Gasteiger partial charge in [0.05, 0.1) is 12.0 Å². The lowest BCUT2D eigenvalue weighted by molar-refractivity contribution is -0.136. The van der Waals surface area contributed by atoms with Gasteiger partial charge in [0.1, 0.15) is 11.6 Å². The second-order valence-corrected chi connectivity index (χ2v) is 4.00. The minimum absolute atomic E-state index is 0.00565. The summed E-state index contributed by atoms with van der Waals surface area (Å²) in [7, 11) is 3.81. The fraction of sp³-hybridized carbons (Fsp3) is 0.500. The van der Waals surface area contributed by atoms with Crippen LogP contribution < -0.4 is 11.3 Å². The van der Waals surface area contributed by atoms with Crippen LogP contribution in [-0.2, 0) is 17.6 Å². The number of nitrogens with one attached hydrogen (secondary N) is 1. The van der Waals surface area contributed by atoms with Crippen LogP contribution in [-0.4, -0.2) is 46.6 Å². The number of carboxylic acid groups (broad SMARTS) is 1. The van der Waals surface area contributed by atoms with E-state index in [1.807, 2.05) is 19.0 Å². The quantitative estimate of drug-likeness (QED) is 0.613. The maximum Gasteiger partial charge on any atom is 0.308 e. The second-order valence-electron chi connectivity index (χ2n) is 4.00. The highest BCUT2D eigenvalue weighted by Crippen LogP contribution is 2.04.